The van der Waals surface area contributed by atoms with Crippen LogP contribution in [0.25, 0.3) is 28.2 Å². The number of imidazole rings is 1. The van der Waals surface area contributed by atoms with E-state index < -0.39 is 17.6 Å². The number of nitrogens with one attached hydrogen (secondary N) is 2. The van der Waals surface area contributed by atoms with E-state index in [1.54, 1.807) is 6.92 Å². The molecule has 0 radical (unpaired) electrons. The van der Waals surface area contributed by atoms with Crippen molar-refractivity contribution in [3.8, 4) is 17.1 Å². The van der Waals surface area contributed by atoms with Crippen LogP contribution in [0, 0.1) is 0 Å². The minimum Gasteiger partial charge on any atom is -0.465 e. The van der Waals surface area contributed by atoms with Crippen LogP contribution >= 0.6 is 23.2 Å². The Morgan fingerprint density at radius 1 is 1.04 bits per heavy atom. The summed E-state index contributed by atoms with van der Waals surface area (Å²) < 4.78 is 6.98. The lowest BCUT2D eigenvalue weighted by molar-refractivity contribution is -0.144. The molecule has 1 aliphatic heterocycles. The summed E-state index contributed by atoms with van der Waals surface area (Å²) in [5.41, 5.74) is 13.8. The van der Waals surface area contributed by atoms with Gasteiger partial charge in [0.25, 0.3) is 0 Å². The van der Waals surface area contributed by atoms with Crippen LogP contribution in [0.4, 0.5) is 5.82 Å². The van der Waals surface area contributed by atoms with Crippen LogP contribution in [0.1, 0.15) is 45.4 Å². The minimum atomic E-state index is -0.780. The first-order valence-corrected chi connectivity index (χ1v) is 16.7. The molecule has 5 rings (SSSR count). The van der Waals surface area contributed by atoms with E-state index in [0.717, 1.165) is 11.3 Å². The molecule has 2 aromatic heterocycles. The van der Waals surface area contributed by atoms with Gasteiger partial charge in [-0.1, -0.05) is 42.3 Å². The summed E-state index contributed by atoms with van der Waals surface area (Å²) in [6.07, 6.45) is 2.19. The molecule has 0 bridgehead atoms. The molecule has 12 nitrogen and oxygen atoms in total. The maximum atomic E-state index is 12.5. The van der Waals surface area contributed by atoms with Gasteiger partial charge in [0.15, 0.2) is 17.0 Å². The maximum Gasteiger partial charge on any atom is 0.322 e. The first-order valence-electron chi connectivity index (χ1n) is 15.9. The van der Waals surface area contributed by atoms with Crippen LogP contribution in [0.2, 0.25) is 10.0 Å². The third-order valence-corrected chi connectivity index (χ3v) is 8.96. The van der Waals surface area contributed by atoms with Crippen LogP contribution in [-0.2, 0) is 20.9 Å². The second-order valence-electron chi connectivity index (χ2n) is 11.5. The van der Waals surface area contributed by atoms with Gasteiger partial charge in [-0.2, -0.15) is 0 Å². The molecule has 2 aromatic carbocycles. The number of hydrogen-bond donors (Lipinski definition) is 4. The third-order valence-electron chi connectivity index (χ3n) is 8.38. The number of benzene rings is 2. The van der Waals surface area contributed by atoms with E-state index in [1.165, 1.54) is 0 Å². The highest BCUT2D eigenvalue weighted by Gasteiger charge is 2.40. The monoisotopic (exact) mass is 681 g/mol. The van der Waals surface area contributed by atoms with Gasteiger partial charge < -0.3 is 31.7 Å². The molecule has 1 amide bonds. The highest BCUT2D eigenvalue weighted by Crippen LogP contribution is 2.36. The SMILES string of the molecule is CCNC1(C(N)=O)CCN(c2nc(CNCCCC(N)C(=O)OCC)nc3c2nc(-c2ccccc2Cl)n3-c2ccc(Cl)cc2)CC1. The van der Waals surface area contributed by atoms with Gasteiger partial charge in [0.05, 0.1) is 18.2 Å². The minimum absolute atomic E-state index is 0.299. The number of carbonyl (C=O) groups is 2. The number of carbonyl (C=O) groups excluding carboxylic acids is 2. The zero-order chi connectivity index (χ0) is 33.6. The topological polar surface area (TPSA) is 166 Å². The van der Waals surface area contributed by atoms with Gasteiger partial charge in [0.2, 0.25) is 5.91 Å². The fourth-order valence-corrected chi connectivity index (χ4v) is 6.25. The summed E-state index contributed by atoms with van der Waals surface area (Å²) >= 11 is 13.0. The Morgan fingerprint density at radius 3 is 2.43 bits per heavy atom. The largest absolute Gasteiger partial charge is 0.465 e. The van der Waals surface area contributed by atoms with Crippen molar-refractivity contribution in [1.82, 2.24) is 30.2 Å². The van der Waals surface area contributed by atoms with Gasteiger partial charge in [0, 0.05) is 29.4 Å². The zero-order valence-electron chi connectivity index (χ0n) is 26.6. The van der Waals surface area contributed by atoms with Crippen molar-refractivity contribution in [2.75, 3.05) is 37.7 Å². The van der Waals surface area contributed by atoms with Crippen molar-refractivity contribution in [2.45, 2.75) is 57.7 Å². The average molecular weight is 683 g/mol. The summed E-state index contributed by atoms with van der Waals surface area (Å²) in [7, 11) is 0. The first-order chi connectivity index (χ1) is 22.7. The summed E-state index contributed by atoms with van der Waals surface area (Å²) in [5.74, 6) is 1.07. The molecular formula is C33H41Cl2N9O3. The number of esters is 1. The number of hydrogen-bond acceptors (Lipinski definition) is 10. The predicted molar refractivity (Wildman–Crippen MR) is 185 cm³/mol. The van der Waals surface area contributed by atoms with Crippen LogP contribution in [0.15, 0.2) is 48.5 Å². The number of halogens is 2. The molecule has 1 fully saturated rings. The predicted octanol–water partition coefficient (Wildman–Crippen LogP) is 3.98. The first kappa shape index (κ1) is 34.5. The van der Waals surface area contributed by atoms with Gasteiger partial charge in [-0.05, 0) is 82.1 Å². The summed E-state index contributed by atoms with van der Waals surface area (Å²) in [5, 5.41) is 7.86. The fourth-order valence-electron chi connectivity index (χ4n) is 5.91. The van der Waals surface area contributed by atoms with Crippen molar-refractivity contribution in [1.29, 1.82) is 0 Å². The van der Waals surface area contributed by atoms with Gasteiger partial charge >= 0.3 is 5.97 Å². The Balaban J connectivity index is 1.54. The molecule has 47 heavy (non-hydrogen) atoms. The second kappa shape index (κ2) is 15.4. The van der Waals surface area contributed by atoms with Gasteiger partial charge in [-0.15, -0.1) is 0 Å². The number of nitrogens with zero attached hydrogens (tertiary/aromatic N) is 5. The summed E-state index contributed by atoms with van der Waals surface area (Å²) in [6.45, 7) is 6.69. The lowest BCUT2D eigenvalue weighted by Crippen LogP contribution is -2.61. The number of aromatic nitrogens is 4. The van der Waals surface area contributed by atoms with E-state index in [1.807, 2.05) is 60.0 Å². The van der Waals surface area contributed by atoms with Gasteiger partial charge in [0.1, 0.15) is 23.2 Å². The van der Waals surface area contributed by atoms with Crippen LogP contribution in [-0.4, -0.2) is 75.8 Å². The van der Waals surface area contributed by atoms with Crippen molar-refractivity contribution in [2.24, 2.45) is 11.5 Å². The Kier molecular flexibility index (Phi) is 11.3. The highest BCUT2D eigenvalue weighted by molar-refractivity contribution is 6.33. The number of likely N-dealkylation sites (N-methyl/N-ethyl adjacent to an activating group) is 1. The highest BCUT2D eigenvalue weighted by atomic mass is 35.5. The van der Waals surface area contributed by atoms with Crippen LogP contribution in [0.3, 0.4) is 0 Å². The lowest BCUT2D eigenvalue weighted by atomic mass is 9.86. The molecule has 6 N–H and O–H groups in total. The van der Waals surface area contributed by atoms with E-state index >= 15 is 0 Å². The standard InChI is InChI=1S/C33H41Cl2N9O3/c1-3-39-33(32(37)46)15-18-43(19-16-33)29-27-30(41-26(40-29)20-38-17-7-10-25(36)31(45)47-4-2)44(22-13-11-21(34)12-14-22)28(42-27)23-8-5-6-9-24(23)35/h5-6,8-9,11-14,25,38-39H,3-4,7,10,15-20,36H2,1-2H3,(H2,37,46). The smallest absolute Gasteiger partial charge is 0.322 e. The van der Waals surface area contributed by atoms with Crippen molar-refractivity contribution >= 4 is 52.1 Å². The number of primary amides is 1. The maximum absolute atomic E-state index is 12.5. The molecule has 3 heterocycles. The number of fused-ring (bicyclic) bond motifs is 1. The third kappa shape index (κ3) is 7.68. The Morgan fingerprint density at radius 2 is 1.77 bits per heavy atom. The van der Waals surface area contributed by atoms with Crippen LogP contribution < -0.4 is 27.0 Å². The molecular weight excluding hydrogens is 641 g/mol. The lowest BCUT2D eigenvalue weighted by Gasteiger charge is -2.40. The van der Waals surface area contributed by atoms with Crippen molar-refractivity contribution < 1.29 is 14.3 Å². The molecule has 0 saturated carbocycles. The second-order valence-corrected chi connectivity index (χ2v) is 12.3. The fraction of sp³-hybridized carbons (Fsp3) is 0.424. The summed E-state index contributed by atoms with van der Waals surface area (Å²) in [4.78, 5) is 41.7. The number of amides is 1. The molecule has 4 aromatic rings. The zero-order valence-corrected chi connectivity index (χ0v) is 28.2. The Bertz CT molecular complexity index is 1710. The molecule has 1 unspecified atom stereocenters. The van der Waals surface area contributed by atoms with E-state index in [0.29, 0.717) is 104 Å². The molecule has 1 saturated heterocycles. The van der Waals surface area contributed by atoms with Gasteiger partial charge in [-0.25, -0.2) is 15.0 Å². The molecule has 0 spiro atoms. The van der Waals surface area contributed by atoms with Gasteiger partial charge in [-0.3, -0.25) is 14.2 Å². The van der Waals surface area contributed by atoms with E-state index in [-0.39, 0.29) is 5.91 Å². The Labute approximate surface area is 284 Å². The number of anilines is 1. The number of piperidine rings is 1. The molecule has 1 aliphatic rings. The normalized spacial score (nSPS) is 15.1. The van der Waals surface area contributed by atoms with Crippen LogP contribution in [0.5, 0.6) is 0 Å². The van der Waals surface area contributed by atoms with E-state index in [2.05, 4.69) is 15.5 Å². The molecule has 0 aliphatic carbocycles. The average Bonchev–Trinajstić information content (AvgIpc) is 3.44. The molecule has 250 valence electrons. The molecule has 14 heteroatoms. The van der Waals surface area contributed by atoms with E-state index in [9.17, 15) is 9.59 Å². The van der Waals surface area contributed by atoms with Crippen molar-refractivity contribution in [3.63, 3.8) is 0 Å². The van der Waals surface area contributed by atoms with Crippen molar-refractivity contribution in [3.05, 3.63) is 64.4 Å². The molecule has 1 atom stereocenters. The summed E-state index contributed by atoms with van der Waals surface area (Å²) in [6, 6.07) is 14.3. The van der Waals surface area contributed by atoms with E-state index in [4.69, 9.17) is 54.4 Å². The number of rotatable bonds is 14. The number of ether oxygens (including phenoxy) is 1. The Hall–Kier alpha value is -3.81. The number of nitrogens with two attached hydrogens (primary N) is 2. The quantitative estimate of drug-likeness (QED) is 0.113.